The van der Waals surface area contributed by atoms with Gasteiger partial charge in [-0.05, 0) is 31.5 Å². The fourth-order valence-electron chi connectivity index (χ4n) is 2.32. The van der Waals surface area contributed by atoms with Gasteiger partial charge in [-0.25, -0.2) is 0 Å². The number of carbonyl (C=O) groups is 1. The topological polar surface area (TPSA) is 37.4 Å². The van der Waals surface area contributed by atoms with Crippen LogP contribution in [0, 0.1) is 0 Å². The summed E-state index contributed by atoms with van der Waals surface area (Å²) in [5.41, 5.74) is 1.17. The van der Waals surface area contributed by atoms with Crippen LogP contribution in [0.5, 0.6) is 0 Å². The van der Waals surface area contributed by atoms with Crippen molar-refractivity contribution < 1.29 is 9.00 Å². The standard InChI is InChI=1S/C15H20ClNO2S2/c1-11-12(2)21(19)8-7-17(11)15(18)10-20-9-13-3-5-14(16)6-4-13/h3-6,11-12H,7-10H2,1-2H3/t11-,12-,21+/m1/s1. The Morgan fingerprint density at radius 3 is 2.71 bits per heavy atom. The van der Waals surface area contributed by atoms with Crippen LogP contribution < -0.4 is 0 Å². The Morgan fingerprint density at radius 1 is 1.38 bits per heavy atom. The lowest BCUT2D eigenvalue weighted by Gasteiger charge is -2.37. The molecule has 0 bridgehead atoms. The molecule has 1 heterocycles. The number of benzene rings is 1. The summed E-state index contributed by atoms with van der Waals surface area (Å²) >= 11 is 7.45. The molecular formula is C15H20ClNO2S2. The highest BCUT2D eigenvalue weighted by atomic mass is 35.5. The van der Waals surface area contributed by atoms with Gasteiger partial charge in [0.25, 0.3) is 0 Å². The van der Waals surface area contributed by atoms with Crippen LogP contribution in [0.2, 0.25) is 5.02 Å². The second-order valence-corrected chi connectivity index (χ2v) is 8.57. The molecule has 0 saturated carbocycles. The third-order valence-corrected chi connectivity index (χ3v) is 6.90. The first kappa shape index (κ1) is 16.8. The smallest absolute Gasteiger partial charge is 0.232 e. The molecule has 0 aliphatic carbocycles. The number of hydrogen-bond acceptors (Lipinski definition) is 3. The second kappa shape index (κ2) is 7.65. The molecule has 0 N–H and O–H groups in total. The number of amides is 1. The molecular weight excluding hydrogens is 326 g/mol. The molecule has 0 unspecified atom stereocenters. The lowest BCUT2D eigenvalue weighted by Crippen LogP contribution is -2.52. The number of hydrogen-bond donors (Lipinski definition) is 0. The Hall–Kier alpha value is -0.520. The van der Waals surface area contributed by atoms with Gasteiger partial charge in [-0.3, -0.25) is 9.00 Å². The van der Waals surface area contributed by atoms with E-state index in [0.717, 1.165) is 10.8 Å². The minimum atomic E-state index is -0.803. The predicted molar refractivity (Wildman–Crippen MR) is 91.3 cm³/mol. The van der Waals surface area contributed by atoms with Gasteiger partial charge in [0.05, 0.1) is 11.0 Å². The highest BCUT2D eigenvalue weighted by molar-refractivity contribution is 7.99. The van der Waals surface area contributed by atoms with Gasteiger partial charge in [0, 0.05) is 39.9 Å². The average Bonchev–Trinajstić information content (AvgIpc) is 2.47. The van der Waals surface area contributed by atoms with Crippen LogP contribution in [0.25, 0.3) is 0 Å². The van der Waals surface area contributed by atoms with Crippen molar-refractivity contribution in [3.63, 3.8) is 0 Å². The van der Waals surface area contributed by atoms with Crippen molar-refractivity contribution in [3.05, 3.63) is 34.9 Å². The van der Waals surface area contributed by atoms with Crippen molar-refractivity contribution in [3.8, 4) is 0 Å². The van der Waals surface area contributed by atoms with Crippen LogP contribution in [0.15, 0.2) is 24.3 Å². The van der Waals surface area contributed by atoms with Crippen LogP contribution in [-0.4, -0.2) is 44.4 Å². The van der Waals surface area contributed by atoms with Crippen molar-refractivity contribution in [1.29, 1.82) is 0 Å². The summed E-state index contributed by atoms with van der Waals surface area (Å²) in [7, 11) is -0.803. The SMILES string of the molecule is C[C@@H]1[C@@H](C)[S@@](=O)CCN1C(=O)CSCc1ccc(Cl)cc1. The maximum absolute atomic E-state index is 12.3. The van der Waals surface area contributed by atoms with Gasteiger partial charge in [-0.15, -0.1) is 11.8 Å². The molecule has 1 saturated heterocycles. The molecule has 2 rings (SSSR count). The monoisotopic (exact) mass is 345 g/mol. The highest BCUT2D eigenvalue weighted by Crippen LogP contribution is 2.20. The zero-order valence-corrected chi connectivity index (χ0v) is 14.6. The zero-order valence-electron chi connectivity index (χ0n) is 12.3. The van der Waals surface area contributed by atoms with Crippen LogP contribution in [0.3, 0.4) is 0 Å². The Morgan fingerprint density at radius 2 is 2.05 bits per heavy atom. The van der Waals surface area contributed by atoms with Gasteiger partial charge >= 0.3 is 0 Å². The fraction of sp³-hybridized carbons (Fsp3) is 0.533. The summed E-state index contributed by atoms with van der Waals surface area (Å²) in [5, 5.41) is 0.785. The van der Waals surface area contributed by atoms with E-state index >= 15 is 0 Å². The molecule has 1 aliphatic rings. The van der Waals surface area contributed by atoms with Crippen LogP contribution in [0.4, 0.5) is 0 Å². The molecule has 0 spiro atoms. The number of nitrogens with zero attached hydrogens (tertiary/aromatic N) is 1. The van der Waals surface area contributed by atoms with Gasteiger partial charge < -0.3 is 4.90 Å². The summed E-state index contributed by atoms with van der Waals surface area (Å²) in [4.78, 5) is 14.2. The van der Waals surface area contributed by atoms with Crippen molar-refractivity contribution in [2.45, 2.75) is 30.9 Å². The van der Waals surface area contributed by atoms with E-state index in [1.165, 1.54) is 5.56 Å². The molecule has 3 nitrogen and oxygen atoms in total. The van der Waals surface area contributed by atoms with E-state index < -0.39 is 10.8 Å². The third kappa shape index (κ3) is 4.47. The predicted octanol–water partition coefficient (Wildman–Crippen LogP) is 2.94. The Balaban J connectivity index is 1.82. The van der Waals surface area contributed by atoms with Gasteiger partial charge in [-0.1, -0.05) is 23.7 Å². The highest BCUT2D eigenvalue weighted by Gasteiger charge is 2.32. The second-order valence-electron chi connectivity index (χ2n) is 5.24. The molecule has 1 aromatic rings. The molecule has 1 aliphatic heterocycles. The van der Waals surface area contributed by atoms with Crippen LogP contribution >= 0.6 is 23.4 Å². The summed E-state index contributed by atoms with van der Waals surface area (Å²) in [6.07, 6.45) is 0. The molecule has 21 heavy (non-hydrogen) atoms. The van der Waals surface area contributed by atoms with Crippen molar-refractivity contribution >= 4 is 40.1 Å². The maximum atomic E-state index is 12.3. The van der Waals surface area contributed by atoms with Gasteiger partial charge in [0.2, 0.25) is 5.91 Å². The number of rotatable bonds is 4. The Kier molecular flexibility index (Phi) is 6.14. The first-order chi connectivity index (χ1) is 9.99. The van der Waals surface area contributed by atoms with E-state index in [1.54, 1.807) is 11.8 Å². The number of carbonyl (C=O) groups excluding carboxylic acids is 1. The summed E-state index contributed by atoms with van der Waals surface area (Å²) in [6.45, 7) is 4.56. The van der Waals surface area contributed by atoms with Gasteiger partial charge in [0.1, 0.15) is 0 Å². The third-order valence-electron chi connectivity index (χ3n) is 3.85. The van der Waals surface area contributed by atoms with Crippen molar-refractivity contribution in [2.24, 2.45) is 0 Å². The molecule has 0 radical (unpaired) electrons. The molecule has 1 fully saturated rings. The Bertz CT molecular complexity index is 521. The average molecular weight is 346 g/mol. The minimum Gasteiger partial charge on any atom is -0.337 e. The van der Waals surface area contributed by atoms with Crippen molar-refractivity contribution in [1.82, 2.24) is 4.90 Å². The molecule has 3 atom stereocenters. The largest absolute Gasteiger partial charge is 0.337 e. The first-order valence-electron chi connectivity index (χ1n) is 6.98. The van der Waals surface area contributed by atoms with E-state index in [0.29, 0.717) is 18.1 Å². The van der Waals surface area contributed by atoms with Gasteiger partial charge in [0.15, 0.2) is 0 Å². The zero-order chi connectivity index (χ0) is 15.4. The van der Waals surface area contributed by atoms with E-state index in [-0.39, 0.29) is 17.2 Å². The van der Waals surface area contributed by atoms with E-state index in [2.05, 4.69) is 0 Å². The minimum absolute atomic E-state index is 0.0585. The molecule has 1 amide bonds. The number of thioether (sulfide) groups is 1. The Labute approximate surface area is 137 Å². The summed E-state index contributed by atoms with van der Waals surface area (Å²) in [5.74, 6) is 2.00. The van der Waals surface area contributed by atoms with E-state index in [9.17, 15) is 9.00 Å². The summed E-state index contributed by atoms with van der Waals surface area (Å²) in [6, 6.07) is 7.75. The normalized spacial score (nSPS) is 25.9. The van der Waals surface area contributed by atoms with E-state index in [1.807, 2.05) is 43.0 Å². The quantitative estimate of drug-likeness (QED) is 0.842. The van der Waals surface area contributed by atoms with Gasteiger partial charge in [-0.2, -0.15) is 0 Å². The summed E-state index contributed by atoms with van der Waals surface area (Å²) < 4.78 is 11.8. The lowest BCUT2D eigenvalue weighted by atomic mass is 10.2. The van der Waals surface area contributed by atoms with Crippen molar-refractivity contribution in [2.75, 3.05) is 18.1 Å². The molecule has 1 aromatic carbocycles. The lowest BCUT2D eigenvalue weighted by molar-refractivity contribution is -0.130. The molecule has 116 valence electrons. The van der Waals surface area contributed by atoms with Crippen LogP contribution in [0.1, 0.15) is 19.4 Å². The first-order valence-corrected chi connectivity index (χ1v) is 9.89. The molecule has 0 aromatic heterocycles. The molecule has 6 heteroatoms. The maximum Gasteiger partial charge on any atom is 0.232 e. The van der Waals surface area contributed by atoms with E-state index in [4.69, 9.17) is 11.6 Å². The van der Waals surface area contributed by atoms with Crippen LogP contribution in [-0.2, 0) is 21.3 Å². The number of halogens is 1. The fourth-order valence-corrected chi connectivity index (χ4v) is 4.65.